The standard InChI is InChI=1S/C13H20N4/c1-13(2,3)11(15)8-12(16)17-10-6-4-5-9(14)7-10/h4-8H,14-15H2,1-3H3,(H2,16,17)/p+1. The van der Waals surface area contributed by atoms with Crippen molar-refractivity contribution in [3.8, 4) is 0 Å². The van der Waals surface area contributed by atoms with Crippen LogP contribution in [0.4, 0.5) is 11.4 Å². The van der Waals surface area contributed by atoms with E-state index in [4.69, 9.17) is 16.9 Å². The van der Waals surface area contributed by atoms with Crippen LogP contribution in [0.15, 0.2) is 36.0 Å². The molecule has 4 heteroatoms. The van der Waals surface area contributed by atoms with Crippen LogP contribution in [0, 0.1) is 10.8 Å². The van der Waals surface area contributed by atoms with Crippen molar-refractivity contribution in [3.63, 3.8) is 0 Å². The van der Waals surface area contributed by atoms with E-state index in [-0.39, 0.29) is 5.41 Å². The highest BCUT2D eigenvalue weighted by Gasteiger charge is 2.15. The predicted molar refractivity (Wildman–Crippen MR) is 71.9 cm³/mol. The highest BCUT2D eigenvalue weighted by Crippen LogP contribution is 2.19. The number of nitrogen functional groups attached to an aromatic ring is 1. The summed E-state index contributed by atoms with van der Waals surface area (Å²) in [6, 6.07) is 7.42. The third-order valence-electron chi connectivity index (χ3n) is 2.41. The van der Waals surface area contributed by atoms with E-state index >= 15 is 0 Å². The van der Waals surface area contributed by atoms with Crippen molar-refractivity contribution in [3.05, 3.63) is 36.0 Å². The van der Waals surface area contributed by atoms with Gasteiger partial charge in [-0.1, -0.05) is 26.8 Å². The van der Waals surface area contributed by atoms with Crippen LogP contribution in [-0.2, 0) is 0 Å². The first-order valence-corrected chi connectivity index (χ1v) is 5.55. The molecular weight excluding hydrogens is 212 g/mol. The van der Waals surface area contributed by atoms with Crippen molar-refractivity contribution < 1.29 is 5.32 Å². The Morgan fingerprint density at radius 2 is 2.00 bits per heavy atom. The second kappa shape index (κ2) is 5.01. The molecule has 0 aliphatic heterocycles. The lowest BCUT2D eigenvalue weighted by Crippen LogP contribution is -2.81. The summed E-state index contributed by atoms with van der Waals surface area (Å²) in [5.41, 5.74) is 13.8. The van der Waals surface area contributed by atoms with Gasteiger partial charge < -0.3 is 11.5 Å². The van der Waals surface area contributed by atoms with E-state index in [0.29, 0.717) is 17.2 Å². The van der Waals surface area contributed by atoms with Crippen LogP contribution in [0.5, 0.6) is 0 Å². The highest BCUT2D eigenvalue weighted by atomic mass is 14.9. The molecule has 0 radical (unpaired) electrons. The summed E-state index contributed by atoms with van der Waals surface area (Å²) >= 11 is 0. The lowest BCUT2D eigenvalue weighted by molar-refractivity contribution is -0.443. The molecule has 0 unspecified atom stereocenters. The van der Waals surface area contributed by atoms with Crippen LogP contribution in [-0.4, -0.2) is 5.84 Å². The summed E-state index contributed by atoms with van der Waals surface area (Å²) < 4.78 is 0. The summed E-state index contributed by atoms with van der Waals surface area (Å²) in [6.07, 6.45) is 1.68. The number of benzene rings is 1. The molecule has 0 aromatic heterocycles. The van der Waals surface area contributed by atoms with Gasteiger partial charge in [-0.3, -0.25) is 10.7 Å². The lowest BCUT2D eigenvalue weighted by atomic mass is 9.92. The molecule has 0 aliphatic carbocycles. The molecule has 0 aliphatic rings. The molecule has 1 rings (SSSR count). The van der Waals surface area contributed by atoms with Gasteiger partial charge in [0.05, 0.1) is 0 Å². The van der Waals surface area contributed by atoms with Crippen LogP contribution >= 0.6 is 0 Å². The number of nitrogens with two attached hydrogens (primary N) is 3. The highest BCUT2D eigenvalue weighted by molar-refractivity contribution is 5.83. The Bertz CT molecular complexity index is 441. The first-order valence-electron chi connectivity index (χ1n) is 5.55. The van der Waals surface area contributed by atoms with Gasteiger partial charge in [0.15, 0.2) is 0 Å². The fourth-order valence-corrected chi connectivity index (χ4v) is 1.25. The van der Waals surface area contributed by atoms with Gasteiger partial charge in [-0.2, -0.15) is 0 Å². The SMILES string of the molecule is CC(C)(C)C(N)=CC(=N)[NH2+]c1cccc(N)c1. The van der Waals surface area contributed by atoms with E-state index in [1.165, 1.54) is 0 Å². The minimum absolute atomic E-state index is 0.115. The van der Waals surface area contributed by atoms with Crippen molar-refractivity contribution in [2.45, 2.75) is 20.8 Å². The summed E-state index contributed by atoms with van der Waals surface area (Å²) in [4.78, 5) is 0. The molecule has 1 aromatic carbocycles. The Balaban J connectivity index is 2.74. The normalized spacial score (nSPS) is 12.5. The maximum absolute atomic E-state index is 7.85. The summed E-state index contributed by atoms with van der Waals surface area (Å²) in [7, 11) is 0. The number of hydrogen-bond acceptors (Lipinski definition) is 3. The number of quaternary nitrogens is 1. The van der Waals surface area contributed by atoms with Crippen molar-refractivity contribution in [2.24, 2.45) is 11.1 Å². The topological polar surface area (TPSA) is 92.5 Å². The van der Waals surface area contributed by atoms with Crippen molar-refractivity contribution in [1.82, 2.24) is 0 Å². The fourth-order valence-electron chi connectivity index (χ4n) is 1.25. The first-order chi connectivity index (χ1) is 7.79. The molecule has 4 nitrogen and oxygen atoms in total. The Kier molecular flexibility index (Phi) is 3.91. The number of anilines is 1. The zero-order valence-electron chi connectivity index (χ0n) is 10.6. The number of hydrogen-bond donors (Lipinski definition) is 4. The average Bonchev–Trinajstić information content (AvgIpc) is 2.15. The van der Waals surface area contributed by atoms with Gasteiger partial charge >= 0.3 is 0 Å². The van der Waals surface area contributed by atoms with E-state index in [9.17, 15) is 0 Å². The van der Waals surface area contributed by atoms with Crippen LogP contribution < -0.4 is 16.8 Å². The van der Waals surface area contributed by atoms with Gasteiger partial charge in [0.1, 0.15) is 5.69 Å². The Labute approximate surface area is 102 Å². The third-order valence-corrected chi connectivity index (χ3v) is 2.41. The molecule has 0 saturated carbocycles. The van der Waals surface area contributed by atoms with Crippen LogP contribution in [0.1, 0.15) is 20.8 Å². The van der Waals surface area contributed by atoms with Gasteiger partial charge in [-0.25, -0.2) is 0 Å². The van der Waals surface area contributed by atoms with Crippen molar-refractivity contribution in [2.75, 3.05) is 5.73 Å². The average molecular weight is 233 g/mol. The first kappa shape index (κ1) is 13.3. The number of allylic oxidation sites excluding steroid dienone is 1. The molecule has 0 fully saturated rings. The maximum atomic E-state index is 7.85. The monoisotopic (exact) mass is 233 g/mol. The largest absolute Gasteiger partial charge is 0.401 e. The quantitative estimate of drug-likeness (QED) is 0.352. The van der Waals surface area contributed by atoms with E-state index in [1.54, 1.807) is 11.4 Å². The van der Waals surface area contributed by atoms with E-state index in [1.807, 2.05) is 45.0 Å². The molecule has 0 atom stereocenters. The fraction of sp³-hybridized carbons (Fsp3) is 0.308. The van der Waals surface area contributed by atoms with E-state index in [0.717, 1.165) is 5.69 Å². The maximum Gasteiger partial charge on any atom is 0.223 e. The summed E-state index contributed by atoms with van der Waals surface area (Å²) in [6.45, 7) is 6.06. The molecule has 0 saturated heterocycles. The molecule has 0 amide bonds. The van der Waals surface area contributed by atoms with E-state index < -0.39 is 0 Å². The second-order valence-corrected chi connectivity index (χ2v) is 5.12. The Hall–Kier alpha value is -1.81. The lowest BCUT2D eigenvalue weighted by Gasteiger charge is -2.18. The molecule has 92 valence electrons. The molecule has 0 bridgehead atoms. The van der Waals surface area contributed by atoms with Gasteiger partial charge in [-0.15, -0.1) is 0 Å². The predicted octanol–water partition coefficient (Wildman–Crippen LogP) is 1.33. The molecule has 0 heterocycles. The third kappa shape index (κ3) is 4.28. The molecular formula is C13H21N4+. The summed E-state index contributed by atoms with van der Waals surface area (Å²) in [5.74, 6) is 0.378. The van der Waals surface area contributed by atoms with Gasteiger partial charge in [0, 0.05) is 28.9 Å². The molecule has 7 N–H and O–H groups in total. The van der Waals surface area contributed by atoms with Crippen LogP contribution in [0.2, 0.25) is 0 Å². The second-order valence-electron chi connectivity index (χ2n) is 5.12. The smallest absolute Gasteiger partial charge is 0.223 e. The molecule has 1 aromatic rings. The minimum atomic E-state index is -0.115. The number of rotatable bonds is 2. The number of nitrogens with one attached hydrogen (secondary N) is 1. The molecule has 17 heavy (non-hydrogen) atoms. The minimum Gasteiger partial charge on any atom is -0.401 e. The van der Waals surface area contributed by atoms with Gasteiger partial charge in [-0.05, 0) is 12.1 Å². The number of amidine groups is 1. The Morgan fingerprint density at radius 3 is 2.53 bits per heavy atom. The van der Waals surface area contributed by atoms with Gasteiger partial charge in [0.25, 0.3) is 0 Å². The Morgan fingerprint density at radius 1 is 1.35 bits per heavy atom. The van der Waals surface area contributed by atoms with Crippen LogP contribution in [0.3, 0.4) is 0 Å². The van der Waals surface area contributed by atoms with E-state index in [2.05, 4.69) is 0 Å². The zero-order chi connectivity index (χ0) is 13.1. The summed E-state index contributed by atoms with van der Waals surface area (Å²) in [5, 5.41) is 9.60. The van der Waals surface area contributed by atoms with Gasteiger partial charge in [0.2, 0.25) is 5.84 Å². The molecule has 0 spiro atoms. The zero-order valence-corrected chi connectivity index (χ0v) is 10.6. The van der Waals surface area contributed by atoms with Crippen molar-refractivity contribution >= 4 is 17.2 Å². The van der Waals surface area contributed by atoms with Crippen LogP contribution in [0.25, 0.3) is 0 Å². The van der Waals surface area contributed by atoms with Crippen molar-refractivity contribution in [1.29, 1.82) is 5.41 Å².